The van der Waals surface area contributed by atoms with Crippen molar-refractivity contribution in [3.05, 3.63) is 51.7 Å². The van der Waals surface area contributed by atoms with Crippen molar-refractivity contribution in [1.29, 1.82) is 0 Å². The van der Waals surface area contributed by atoms with Crippen molar-refractivity contribution >= 4 is 38.3 Å². The Balaban J connectivity index is 1.98. The van der Waals surface area contributed by atoms with E-state index in [1.165, 1.54) is 11.3 Å². The lowest BCUT2D eigenvalue weighted by Gasteiger charge is -2.10. The van der Waals surface area contributed by atoms with Crippen molar-refractivity contribution in [2.24, 2.45) is 0 Å². The minimum atomic E-state index is -0.299. The van der Waals surface area contributed by atoms with E-state index in [1.54, 1.807) is 16.3 Å². The molecular weight excluding hydrogens is 378 g/mol. The van der Waals surface area contributed by atoms with Crippen LogP contribution in [-0.2, 0) is 0 Å². The third kappa shape index (κ3) is 3.32. The second-order valence-corrected chi connectivity index (χ2v) is 6.97. The molecule has 2 heterocycles. The van der Waals surface area contributed by atoms with E-state index in [2.05, 4.69) is 36.5 Å². The smallest absolute Gasteiger partial charge is 0.279 e. The Bertz CT molecular complexity index is 811. The predicted octanol–water partition coefficient (Wildman–Crippen LogP) is 3.86. The molecule has 118 valence electrons. The molecule has 3 aromatic rings. The molecule has 2 aromatic heterocycles. The van der Waals surface area contributed by atoms with E-state index in [4.69, 9.17) is 0 Å². The molecule has 6 nitrogen and oxygen atoms in total. The van der Waals surface area contributed by atoms with Gasteiger partial charge in [-0.15, -0.1) is 16.4 Å². The molecule has 0 radical (unpaired) electrons. The number of nitrogens with one attached hydrogen (secondary N) is 1. The van der Waals surface area contributed by atoms with Gasteiger partial charge in [-0.2, -0.15) is 0 Å². The zero-order chi connectivity index (χ0) is 16.4. The monoisotopic (exact) mass is 391 g/mol. The van der Waals surface area contributed by atoms with Crippen LogP contribution in [-0.4, -0.2) is 25.9 Å². The Morgan fingerprint density at radius 3 is 2.65 bits per heavy atom. The third-order valence-corrected chi connectivity index (χ3v) is 4.41. The number of rotatable bonds is 4. The van der Waals surface area contributed by atoms with Crippen molar-refractivity contribution in [1.82, 2.24) is 20.0 Å². The van der Waals surface area contributed by atoms with Crippen molar-refractivity contribution < 1.29 is 4.79 Å². The molecule has 0 saturated heterocycles. The molecule has 3 rings (SSSR count). The molecule has 0 aliphatic carbocycles. The average molecular weight is 392 g/mol. The molecule has 0 aliphatic heterocycles. The number of benzene rings is 1. The van der Waals surface area contributed by atoms with Crippen LogP contribution < -0.4 is 5.32 Å². The molecule has 1 amide bonds. The number of hydrogen-bond acceptors (Lipinski definition) is 5. The van der Waals surface area contributed by atoms with Crippen LogP contribution in [0, 0.1) is 0 Å². The van der Waals surface area contributed by atoms with Gasteiger partial charge in [0.2, 0.25) is 0 Å². The zero-order valence-corrected chi connectivity index (χ0v) is 14.9. The molecule has 1 N–H and O–H groups in total. The van der Waals surface area contributed by atoms with E-state index in [9.17, 15) is 4.79 Å². The van der Waals surface area contributed by atoms with Gasteiger partial charge >= 0.3 is 0 Å². The van der Waals surface area contributed by atoms with Crippen LogP contribution in [0.3, 0.4) is 0 Å². The molecule has 0 fully saturated rings. The molecule has 0 bridgehead atoms. The van der Waals surface area contributed by atoms with Crippen LogP contribution in [0.5, 0.6) is 0 Å². The summed E-state index contributed by atoms with van der Waals surface area (Å²) in [5.74, 6) is -0.210. The fourth-order valence-electron chi connectivity index (χ4n) is 2.18. The summed E-state index contributed by atoms with van der Waals surface area (Å²) in [6, 6.07) is 7.70. The molecule has 0 spiro atoms. The largest absolute Gasteiger partial charge is 0.296 e. The first-order valence-electron chi connectivity index (χ1n) is 6.98. The van der Waals surface area contributed by atoms with Gasteiger partial charge in [-0.1, -0.05) is 35.0 Å². The number of halogens is 1. The first kappa shape index (κ1) is 15.8. The summed E-state index contributed by atoms with van der Waals surface area (Å²) in [6.45, 7) is 4.02. The van der Waals surface area contributed by atoms with Crippen LogP contribution in [0.2, 0.25) is 0 Å². The van der Waals surface area contributed by atoms with E-state index in [0.717, 1.165) is 15.9 Å². The SMILES string of the molecule is CC(C)c1c(C(=O)Nc2nccs2)nnn1-c1ccc(Br)cc1. The van der Waals surface area contributed by atoms with Gasteiger partial charge in [-0.05, 0) is 30.2 Å². The van der Waals surface area contributed by atoms with Crippen molar-refractivity contribution in [2.45, 2.75) is 19.8 Å². The average Bonchev–Trinajstić information content (AvgIpc) is 3.16. The number of carbonyl (C=O) groups excluding carboxylic acids is 1. The molecule has 8 heteroatoms. The van der Waals surface area contributed by atoms with Gasteiger partial charge in [-0.25, -0.2) is 9.67 Å². The number of carbonyl (C=O) groups is 1. The molecule has 0 unspecified atom stereocenters. The number of amides is 1. The summed E-state index contributed by atoms with van der Waals surface area (Å²) < 4.78 is 2.68. The number of nitrogens with zero attached hydrogens (tertiary/aromatic N) is 4. The molecule has 1 aromatic carbocycles. The van der Waals surface area contributed by atoms with Gasteiger partial charge < -0.3 is 0 Å². The van der Waals surface area contributed by atoms with Crippen LogP contribution in [0.25, 0.3) is 5.69 Å². The second kappa shape index (κ2) is 6.59. The van der Waals surface area contributed by atoms with E-state index in [0.29, 0.717) is 10.8 Å². The summed E-state index contributed by atoms with van der Waals surface area (Å²) >= 11 is 4.77. The molecular formula is C15H14BrN5OS. The van der Waals surface area contributed by atoms with Gasteiger partial charge in [0, 0.05) is 16.0 Å². The van der Waals surface area contributed by atoms with E-state index >= 15 is 0 Å². The molecule has 0 aliphatic rings. The van der Waals surface area contributed by atoms with E-state index < -0.39 is 0 Å². The maximum Gasteiger partial charge on any atom is 0.279 e. The number of hydrogen-bond donors (Lipinski definition) is 1. The van der Waals surface area contributed by atoms with Crippen molar-refractivity contribution in [3.8, 4) is 5.69 Å². The number of thiazole rings is 1. The molecule has 23 heavy (non-hydrogen) atoms. The molecule has 0 saturated carbocycles. The van der Waals surface area contributed by atoms with Crippen LogP contribution in [0.15, 0.2) is 40.3 Å². The Labute approximate surface area is 145 Å². The summed E-state index contributed by atoms with van der Waals surface area (Å²) in [4.78, 5) is 16.5. The Morgan fingerprint density at radius 1 is 1.30 bits per heavy atom. The maximum atomic E-state index is 12.5. The summed E-state index contributed by atoms with van der Waals surface area (Å²) in [5, 5.41) is 13.3. The maximum absolute atomic E-state index is 12.5. The third-order valence-electron chi connectivity index (χ3n) is 3.19. The fraction of sp³-hybridized carbons (Fsp3) is 0.200. The molecule has 0 atom stereocenters. The first-order chi connectivity index (χ1) is 11.1. The summed E-state index contributed by atoms with van der Waals surface area (Å²) in [7, 11) is 0. The normalized spacial score (nSPS) is 11.0. The standard InChI is InChI=1S/C15H14BrN5OS/c1-9(2)13-12(14(22)18-15-17-7-8-23-15)19-20-21(13)11-5-3-10(16)4-6-11/h3-9H,1-2H3,(H,17,18,22). The summed E-state index contributed by atoms with van der Waals surface area (Å²) in [6.07, 6.45) is 1.64. The highest BCUT2D eigenvalue weighted by Gasteiger charge is 2.23. The zero-order valence-electron chi connectivity index (χ0n) is 12.5. The fourth-order valence-corrected chi connectivity index (χ4v) is 2.97. The topological polar surface area (TPSA) is 72.7 Å². The van der Waals surface area contributed by atoms with Gasteiger partial charge in [0.15, 0.2) is 10.8 Å². The Morgan fingerprint density at radius 2 is 2.04 bits per heavy atom. The first-order valence-corrected chi connectivity index (χ1v) is 8.66. The Kier molecular flexibility index (Phi) is 4.53. The van der Waals surface area contributed by atoms with Gasteiger partial charge in [-0.3, -0.25) is 10.1 Å². The van der Waals surface area contributed by atoms with Crippen LogP contribution in [0.4, 0.5) is 5.13 Å². The highest BCUT2D eigenvalue weighted by atomic mass is 79.9. The predicted molar refractivity (Wildman–Crippen MR) is 93.2 cm³/mol. The van der Waals surface area contributed by atoms with Crippen LogP contribution >= 0.6 is 27.3 Å². The lowest BCUT2D eigenvalue weighted by Crippen LogP contribution is -2.16. The Hall–Kier alpha value is -2.06. The summed E-state index contributed by atoms with van der Waals surface area (Å²) in [5.41, 5.74) is 1.94. The quantitative estimate of drug-likeness (QED) is 0.732. The van der Waals surface area contributed by atoms with Crippen LogP contribution in [0.1, 0.15) is 35.9 Å². The number of aromatic nitrogens is 4. The van der Waals surface area contributed by atoms with E-state index in [1.807, 2.05) is 38.1 Å². The number of anilines is 1. The van der Waals surface area contributed by atoms with Gasteiger partial charge in [0.05, 0.1) is 11.4 Å². The lowest BCUT2D eigenvalue weighted by atomic mass is 10.1. The van der Waals surface area contributed by atoms with E-state index in [-0.39, 0.29) is 11.8 Å². The minimum absolute atomic E-state index is 0.0886. The second-order valence-electron chi connectivity index (χ2n) is 5.16. The lowest BCUT2D eigenvalue weighted by molar-refractivity contribution is 0.102. The van der Waals surface area contributed by atoms with Gasteiger partial charge in [0.1, 0.15) is 0 Å². The minimum Gasteiger partial charge on any atom is -0.296 e. The van der Waals surface area contributed by atoms with Crippen molar-refractivity contribution in [3.63, 3.8) is 0 Å². The van der Waals surface area contributed by atoms with Gasteiger partial charge in [0.25, 0.3) is 5.91 Å². The van der Waals surface area contributed by atoms with Crippen molar-refractivity contribution in [2.75, 3.05) is 5.32 Å². The highest BCUT2D eigenvalue weighted by Crippen LogP contribution is 2.23. The highest BCUT2D eigenvalue weighted by molar-refractivity contribution is 9.10.